The predicted molar refractivity (Wildman–Crippen MR) is 30.2 cm³/mol. The molecule has 0 aliphatic rings. The summed E-state index contributed by atoms with van der Waals surface area (Å²) >= 11 is 4.70. The van der Waals surface area contributed by atoms with E-state index in [1.807, 2.05) is 0 Å². The molecule has 0 atom stereocenters. The lowest BCUT2D eigenvalue weighted by Gasteiger charge is -2.05. The molecule has 4 heteroatoms. The molecular weight excluding hydrogens is 150 g/mol. The highest BCUT2D eigenvalue weighted by Crippen LogP contribution is 2.12. The average molecular weight is 155 g/mol. The summed E-state index contributed by atoms with van der Waals surface area (Å²) < 4.78 is 27.8. The second-order valence-electron chi connectivity index (χ2n) is 1.17. The maximum atomic E-state index is 11.9. The van der Waals surface area contributed by atoms with Crippen molar-refractivity contribution >= 4 is 11.6 Å². The van der Waals surface area contributed by atoms with Crippen LogP contribution in [0.15, 0.2) is 0 Å². The molecule has 0 bridgehead atoms. The van der Waals surface area contributed by atoms with Gasteiger partial charge in [0.05, 0.1) is 6.61 Å². The molecule has 0 unspecified atom stereocenters. The third-order valence-corrected chi connectivity index (χ3v) is 0.613. The van der Waals surface area contributed by atoms with Gasteiger partial charge in [-0.15, -0.1) is 0 Å². The van der Waals surface area contributed by atoms with E-state index in [0.717, 1.165) is 0 Å². The van der Waals surface area contributed by atoms with Crippen LogP contribution in [0, 0.1) is 11.3 Å². The van der Waals surface area contributed by atoms with Gasteiger partial charge in [-0.1, -0.05) is 0 Å². The van der Waals surface area contributed by atoms with Gasteiger partial charge in [0.25, 0.3) is 0 Å². The standard InChI is InChI=1S/C5H5ClF2O/c1-2-9-5(7,8)3-4-6/h2H2,1H3. The maximum Gasteiger partial charge on any atom is 0.424 e. The number of hydrogen-bond donors (Lipinski definition) is 0. The molecule has 0 aliphatic heterocycles. The van der Waals surface area contributed by atoms with E-state index in [1.54, 1.807) is 5.38 Å². The molecule has 0 rings (SSSR count). The number of rotatable bonds is 2. The Morgan fingerprint density at radius 2 is 2.22 bits per heavy atom. The summed E-state index contributed by atoms with van der Waals surface area (Å²) in [6.45, 7) is 1.36. The van der Waals surface area contributed by atoms with Crippen molar-refractivity contribution in [3.63, 3.8) is 0 Å². The Labute approximate surface area is 56.9 Å². The summed E-state index contributed by atoms with van der Waals surface area (Å²) in [4.78, 5) is 0. The van der Waals surface area contributed by atoms with Crippen molar-refractivity contribution in [1.29, 1.82) is 0 Å². The summed E-state index contributed by atoms with van der Waals surface area (Å²) in [5, 5.41) is 1.54. The van der Waals surface area contributed by atoms with Crippen LogP contribution in [0.5, 0.6) is 0 Å². The summed E-state index contributed by atoms with van der Waals surface area (Å²) in [5.41, 5.74) is 0. The second kappa shape index (κ2) is 3.65. The van der Waals surface area contributed by atoms with Crippen LogP contribution in [-0.4, -0.2) is 12.7 Å². The summed E-state index contributed by atoms with van der Waals surface area (Å²) in [6.07, 6.45) is -3.39. The molecule has 52 valence electrons. The fraction of sp³-hybridized carbons (Fsp3) is 0.600. The number of alkyl halides is 2. The van der Waals surface area contributed by atoms with Crippen LogP contribution in [0.3, 0.4) is 0 Å². The molecule has 0 saturated carbocycles. The lowest BCUT2D eigenvalue weighted by Crippen LogP contribution is -2.17. The van der Waals surface area contributed by atoms with E-state index >= 15 is 0 Å². The van der Waals surface area contributed by atoms with E-state index < -0.39 is 6.11 Å². The summed E-state index contributed by atoms with van der Waals surface area (Å²) in [7, 11) is 0. The van der Waals surface area contributed by atoms with Crippen LogP contribution < -0.4 is 0 Å². The first-order valence-electron chi connectivity index (χ1n) is 2.27. The average Bonchev–Trinajstić information content (AvgIpc) is 1.64. The van der Waals surface area contributed by atoms with Crippen molar-refractivity contribution in [2.75, 3.05) is 6.61 Å². The molecule has 0 saturated heterocycles. The summed E-state index contributed by atoms with van der Waals surface area (Å²) in [6, 6.07) is 0. The van der Waals surface area contributed by atoms with Crippen molar-refractivity contribution in [1.82, 2.24) is 0 Å². The molecule has 0 aromatic rings. The van der Waals surface area contributed by atoms with Crippen LogP contribution in [0.1, 0.15) is 6.92 Å². The third-order valence-electron chi connectivity index (χ3n) is 0.518. The fourth-order valence-electron chi connectivity index (χ4n) is 0.272. The Bertz CT molecular complexity index is 136. The van der Waals surface area contributed by atoms with Gasteiger partial charge in [-0.3, -0.25) is 0 Å². The topological polar surface area (TPSA) is 9.23 Å². The van der Waals surface area contributed by atoms with Crippen molar-refractivity contribution in [3.8, 4) is 11.3 Å². The monoisotopic (exact) mass is 154 g/mol. The van der Waals surface area contributed by atoms with Crippen molar-refractivity contribution in [2.24, 2.45) is 0 Å². The summed E-state index contributed by atoms with van der Waals surface area (Å²) in [5.74, 6) is 1.38. The molecule has 0 aromatic heterocycles. The number of ether oxygens (including phenoxy) is 1. The van der Waals surface area contributed by atoms with E-state index in [0.29, 0.717) is 0 Å². The Morgan fingerprint density at radius 3 is 2.56 bits per heavy atom. The molecule has 0 heterocycles. The second-order valence-corrected chi connectivity index (χ2v) is 1.36. The first kappa shape index (κ1) is 8.67. The predicted octanol–water partition coefficient (Wildman–Crippen LogP) is 1.82. The van der Waals surface area contributed by atoms with Crippen LogP contribution >= 0.6 is 11.6 Å². The van der Waals surface area contributed by atoms with Gasteiger partial charge in [-0.25, -0.2) is 0 Å². The van der Waals surface area contributed by atoms with Crippen LogP contribution in [0.25, 0.3) is 0 Å². The highest BCUT2D eigenvalue weighted by atomic mass is 35.5. The van der Waals surface area contributed by atoms with E-state index in [9.17, 15) is 8.78 Å². The zero-order valence-corrected chi connectivity index (χ0v) is 5.51. The fourth-order valence-corrected chi connectivity index (χ4v) is 0.382. The minimum absolute atomic E-state index is 0.0848. The minimum Gasteiger partial charge on any atom is -0.310 e. The van der Waals surface area contributed by atoms with Crippen molar-refractivity contribution in [3.05, 3.63) is 0 Å². The van der Waals surface area contributed by atoms with Gasteiger partial charge in [-0.2, -0.15) is 8.78 Å². The molecule has 1 nitrogen and oxygen atoms in total. The molecule has 0 N–H and O–H groups in total. The molecule has 0 aliphatic carbocycles. The van der Waals surface area contributed by atoms with Gasteiger partial charge < -0.3 is 4.74 Å². The molecule has 0 aromatic carbocycles. The Hall–Kier alpha value is -0.330. The van der Waals surface area contributed by atoms with Gasteiger partial charge in [0.1, 0.15) is 0 Å². The SMILES string of the molecule is CCOC(F)(F)C#CCl. The Kier molecular flexibility index (Phi) is 3.52. The minimum atomic E-state index is -3.39. The number of hydrogen-bond acceptors (Lipinski definition) is 1. The zero-order valence-electron chi connectivity index (χ0n) is 4.75. The third kappa shape index (κ3) is 4.19. The normalized spacial score (nSPS) is 10.2. The van der Waals surface area contributed by atoms with Crippen LogP contribution in [0.2, 0.25) is 0 Å². The van der Waals surface area contributed by atoms with Gasteiger partial charge in [0.15, 0.2) is 0 Å². The Balaban J connectivity index is 3.80. The van der Waals surface area contributed by atoms with E-state index in [4.69, 9.17) is 11.6 Å². The molecule has 0 fully saturated rings. The van der Waals surface area contributed by atoms with E-state index in [1.165, 1.54) is 12.8 Å². The zero-order chi connectivity index (χ0) is 7.33. The molecule has 0 spiro atoms. The van der Waals surface area contributed by atoms with Gasteiger partial charge in [0, 0.05) is 11.3 Å². The maximum absolute atomic E-state index is 11.9. The van der Waals surface area contributed by atoms with Crippen LogP contribution in [0.4, 0.5) is 8.78 Å². The molecule has 0 radical (unpaired) electrons. The highest BCUT2D eigenvalue weighted by Gasteiger charge is 2.25. The molecule has 9 heavy (non-hydrogen) atoms. The van der Waals surface area contributed by atoms with Crippen molar-refractivity contribution in [2.45, 2.75) is 13.0 Å². The lowest BCUT2D eigenvalue weighted by atomic mass is 10.6. The van der Waals surface area contributed by atoms with E-state index in [2.05, 4.69) is 4.74 Å². The highest BCUT2D eigenvalue weighted by molar-refractivity contribution is 6.30. The van der Waals surface area contributed by atoms with Gasteiger partial charge >= 0.3 is 6.11 Å². The molecule has 0 amide bonds. The first-order valence-corrected chi connectivity index (χ1v) is 2.64. The lowest BCUT2D eigenvalue weighted by molar-refractivity contribution is -0.188. The number of halogens is 3. The smallest absolute Gasteiger partial charge is 0.310 e. The van der Waals surface area contributed by atoms with E-state index in [-0.39, 0.29) is 6.61 Å². The largest absolute Gasteiger partial charge is 0.424 e. The Morgan fingerprint density at radius 1 is 1.67 bits per heavy atom. The van der Waals surface area contributed by atoms with Gasteiger partial charge in [-0.05, 0) is 18.5 Å². The van der Waals surface area contributed by atoms with Crippen LogP contribution in [-0.2, 0) is 4.74 Å². The molecular formula is C5H5ClF2O. The first-order chi connectivity index (χ1) is 4.12. The van der Waals surface area contributed by atoms with Gasteiger partial charge in [0.2, 0.25) is 0 Å². The quantitative estimate of drug-likeness (QED) is 0.552. The van der Waals surface area contributed by atoms with Crippen molar-refractivity contribution < 1.29 is 13.5 Å².